The van der Waals surface area contributed by atoms with Crippen molar-refractivity contribution >= 4 is 16.5 Å². The Hall–Kier alpha value is -2.12. The molecule has 2 aromatic rings. The summed E-state index contributed by atoms with van der Waals surface area (Å²) in [6, 6.07) is 9.87. The first-order valence-corrected chi connectivity index (χ1v) is 5.80. The van der Waals surface area contributed by atoms with Crippen LogP contribution < -0.4 is 4.90 Å². The van der Waals surface area contributed by atoms with Crippen LogP contribution in [0.15, 0.2) is 30.5 Å². The summed E-state index contributed by atoms with van der Waals surface area (Å²) in [5, 5.41) is 20.0. The largest absolute Gasteiger partial charge is 0.394 e. The van der Waals surface area contributed by atoms with Gasteiger partial charge >= 0.3 is 0 Å². The molecule has 0 saturated heterocycles. The van der Waals surface area contributed by atoms with E-state index in [1.165, 1.54) is 0 Å². The standard InChI is InChI=1S/C14H15N3O/c1-10(9-18)17(2)12-3-4-13-11(7-12)5-6-16-14(13)8-15/h3-7,10,18H,9H2,1-2H3/t10-/m1/s1. The van der Waals surface area contributed by atoms with Crippen LogP contribution in [0.4, 0.5) is 5.69 Å². The lowest BCUT2D eigenvalue weighted by Gasteiger charge is -2.25. The second-order valence-electron chi connectivity index (χ2n) is 4.32. The first-order chi connectivity index (χ1) is 8.67. The Balaban J connectivity index is 2.49. The molecule has 0 spiro atoms. The fourth-order valence-corrected chi connectivity index (χ4v) is 1.85. The van der Waals surface area contributed by atoms with E-state index in [0.29, 0.717) is 5.69 Å². The van der Waals surface area contributed by atoms with E-state index >= 15 is 0 Å². The van der Waals surface area contributed by atoms with Crippen LogP contribution in [0.3, 0.4) is 0 Å². The third-order valence-corrected chi connectivity index (χ3v) is 3.19. The zero-order valence-corrected chi connectivity index (χ0v) is 10.5. The SMILES string of the molecule is C[C@H](CO)N(C)c1ccc2c(C#N)nccc2c1. The topological polar surface area (TPSA) is 60.1 Å². The number of benzene rings is 1. The van der Waals surface area contributed by atoms with Crippen molar-refractivity contribution in [3.8, 4) is 6.07 Å². The van der Waals surface area contributed by atoms with Gasteiger partial charge in [-0.1, -0.05) is 0 Å². The second kappa shape index (κ2) is 5.03. The Morgan fingerprint density at radius 3 is 2.89 bits per heavy atom. The Kier molecular flexibility index (Phi) is 3.45. The van der Waals surface area contributed by atoms with E-state index in [1.54, 1.807) is 6.20 Å². The zero-order valence-electron chi connectivity index (χ0n) is 10.5. The molecule has 18 heavy (non-hydrogen) atoms. The van der Waals surface area contributed by atoms with Crippen molar-refractivity contribution < 1.29 is 5.11 Å². The van der Waals surface area contributed by atoms with Crippen molar-refractivity contribution in [2.45, 2.75) is 13.0 Å². The van der Waals surface area contributed by atoms with Crippen molar-refractivity contribution in [2.24, 2.45) is 0 Å². The summed E-state index contributed by atoms with van der Waals surface area (Å²) in [7, 11) is 1.94. The van der Waals surface area contributed by atoms with Gasteiger partial charge < -0.3 is 10.0 Å². The average Bonchev–Trinajstić information content (AvgIpc) is 2.44. The number of anilines is 1. The minimum absolute atomic E-state index is 0.0553. The number of fused-ring (bicyclic) bond motifs is 1. The van der Waals surface area contributed by atoms with Crippen LogP contribution >= 0.6 is 0 Å². The Morgan fingerprint density at radius 2 is 2.22 bits per heavy atom. The number of likely N-dealkylation sites (N-methyl/N-ethyl adjacent to an activating group) is 1. The summed E-state index contributed by atoms with van der Waals surface area (Å²) in [5.74, 6) is 0. The minimum atomic E-state index is 0.0553. The molecule has 92 valence electrons. The van der Waals surface area contributed by atoms with Crippen LogP contribution in [-0.4, -0.2) is 29.8 Å². The number of nitriles is 1. The lowest BCUT2D eigenvalue weighted by Crippen LogP contribution is -2.31. The van der Waals surface area contributed by atoms with Gasteiger partial charge in [-0.3, -0.25) is 0 Å². The van der Waals surface area contributed by atoms with Gasteiger partial charge in [0.1, 0.15) is 11.8 Å². The molecule has 1 aromatic carbocycles. The number of hydrogen-bond acceptors (Lipinski definition) is 4. The molecule has 0 aliphatic heterocycles. The number of nitrogens with zero attached hydrogens (tertiary/aromatic N) is 3. The molecule has 1 heterocycles. The summed E-state index contributed by atoms with van der Waals surface area (Å²) in [6.45, 7) is 2.06. The Bertz CT molecular complexity index is 604. The summed E-state index contributed by atoms with van der Waals surface area (Å²) in [6.07, 6.45) is 1.64. The van der Waals surface area contributed by atoms with Crippen LogP contribution in [0.5, 0.6) is 0 Å². The highest BCUT2D eigenvalue weighted by molar-refractivity contribution is 5.89. The summed E-state index contributed by atoms with van der Waals surface area (Å²) in [5.41, 5.74) is 1.45. The van der Waals surface area contributed by atoms with Gasteiger partial charge in [0.15, 0.2) is 0 Å². The second-order valence-corrected chi connectivity index (χ2v) is 4.32. The number of aromatic nitrogens is 1. The third kappa shape index (κ3) is 2.13. The van der Waals surface area contributed by atoms with Crippen LogP contribution in [0.2, 0.25) is 0 Å². The molecular weight excluding hydrogens is 226 g/mol. The molecule has 4 nitrogen and oxygen atoms in total. The Morgan fingerprint density at radius 1 is 1.44 bits per heavy atom. The van der Waals surface area contributed by atoms with Crippen LogP contribution in [0, 0.1) is 11.3 Å². The molecular formula is C14H15N3O. The fraction of sp³-hybridized carbons (Fsp3) is 0.286. The molecule has 2 rings (SSSR count). The predicted molar refractivity (Wildman–Crippen MR) is 71.4 cm³/mol. The molecule has 0 aliphatic carbocycles. The maximum atomic E-state index is 9.17. The van der Waals surface area contributed by atoms with Crippen molar-refractivity contribution in [3.63, 3.8) is 0 Å². The van der Waals surface area contributed by atoms with E-state index < -0.39 is 0 Å². The number of aliphatic hydroxyl groups excluding tert-OH is 1. The van der Waals surface area contributed by atoms with E-state index in [2.05, 4.69) is 11.1 Å². The van der Waals surface area contributed by atoms with Crippen molar-refractivity contribution in [1.82, 2.24) is 4.98 Å². The fourth-order valence-electron chi connectivity index (χ4n) is 1.85. The smallest absolute Gasteiger partial charge is 0.148 e. The van der Waals surface area contributed by atoms with Crippen molar-refractivity contribution in [2.75, 3.05) is 18.6 Å². The van der Waals surface area contributed by atoms with Gasteiger partial charge in [0.25, 0.3) is 0 Å². The lowest BCUT2D eigenvalue weighted by atomic mass is 10.1. The van der Waals surface area contributed by atoms with E-state index in [-0.39, 0.29) is 12.6 Å². The van der Waals surface area contributed by atoms with Crippen LogP contribution in [0.1, 0.15) is 12.6 Å². The van der Waals surface area contributed by atoms with E-state index in [1.807, 2.05) is 43.1 Å². The molecule has 1 atom stereocenters. The summed E-state index contributed by atoms with van der Waals surface area (Å²) < 4.78 is 0. The first kappa shape index (κ1) is 12.3. The highest BCUT2D eigenvalue weighted by Crippen LogP contribution is 2.23. The van der Waals surface area contributed by atoms with Gasteiger partial charge in [-0.05, 0) is 36.6 Å². The zero-order chi connectivity index (χ0) is 13.1. The van der Waals surface area contributed by atoms with E-state index in [0.717, 1.165) is 16.5 Å². The van der Waals surface area contributed by atoms with E-state index in [9.17, 15) is 0 Å². The van der Waals surface area contributed by atoms with Gasteiger partial charge in [-0.2, -0.15) is 5.26 Å². The minimum Gasteiger partial charge on any atom is -0.394 e. The molecule has 0 aliphatic rings. The lowest BCUT2D eigenvalue weighted by molar-refractivity contribution is 0.270. The van der Waals surface area contributed by atoms with Crippen molar-refractivity contribution in [1.29, 1.82) is 5.26 Å². The number of aliphatic hydroxyl groups is 1. The molecule has 0 radical (unpaired) electrons. The van der Waals surface area contributed by atoms with Crippen molar-refractivity contribution in [3.05, 3.63) is 36.2 Å². The molecule has 0 unspecified atom stereocenters. The Labute approximate surface area is 106 Å². The number of rotatable bonds is 3. The number of pyridine rings is 1. The normalized spacial score (nSPS) is 12.1. The van der Waals surface area contributed by atoms with Gasteiger partial charge in [-0.25, -0.2) is 4.98 Å². The molecule has 0 saturated carbocycles. The monoisotopic (exact) mass is 241 g/mol. The molecule has 0 amide bonds. The number of hydrogen-bond donors (Lipinski definition) is 1. The van der Waals surface area contributed by atoms with Crippen LogP contribution in [0.25, 0.3) is 10.8 Å². The average molecular weight is 241 g/mol. The molecule has 1 aromatic heterocycles. The quantitative estimate of drug-likeness (QED) is 0.892. The molecule has 0 bridgehead atoms. The van der Waals surface area contributed by atoms with E-state index in [4.69, 9.17) is 10.4 Å². The maximum Gasteiger partial charge on any atom is 0.148 e. The predicted octanol–water partition coefficient (Wildman–Crippen LogP) is 1.92. The maximum absolute atomic E-state index is 9.17. The highest BCUT2D eigenvalue weighted by Gasteiger charge is 2.10. The molecule has 0 fully saturated rings. The van der Waals surface area contributed by atoms with Gasteiger partial charge in [0.2, 0.25) is 0 Å². The summed E-state index contributed by atoms with van der Waals surface area (Å²) in [4.78, 5) is 6.04. The summed E-state index contributed by atoms with van der Waals surface area (Å²) >= 11 is 0. The molecule has 4 heteroatoms. The molecule has 1 N–H and O–H groups in total. The third-order valence-electron chi connectivity index (χ3n) is 3.19. The van der Waals surface area contributed by atoms with Gasteiger partial charge in [0.05, 0.1) is 6.61 Å². The highest BCUT2D eigenvalue weighted by atomic mass is 16.3. The van der Waals surface area contributed by atoms with Crippen LogP contribution in [-0.2, 0) is 0 Å². The van der Waals surface area contributed by atoms with Gasteiger partial charge in [0, 0.05) is 30.4 Å². The first-order valence-electron chi connectivity index (χ1n) is 5.80. The van der Waals surface area contributed by atoms with Gasteiger partial charge in [-0.15, -0.1) is 0 Å².